The Morgan fingerprint density at radius 2 is 1.56 bits per heavy atom. The lowest BCUT2D eigenvalue weighted by atomic mass is 9.81. The van der Waals surface area contributed by atoms with Crippen LogP contribution in [-0.2, 0) is 16.4 Å². The first kappa shape index (κ1) is 24.7. The lowest BCUT2D eigenvalue weighted by Gasteiger charge is -2.24. The highest BCUT2D eigenvalue weighted by Crippen LogP contribution is 2.38. The van der Waals surface area contributed by atoms with Crippen LogP contribution in [-0.4, -0.2) is 19.7 Å². The predicted molar refractivity (Wildman–Crippen MR) is 147 cm³/mol. The maximum Gasteiger partial charge on any atom is 0.175 e. The van der Waals surface area contributed by atoms with E-state index in [2.05, 4.69) is 41.4 Å². The topological polar surface area (TPSA) is 56.3 Å². The van der Waals surface area contributed by atoms with Crippen molar-refractivity contribution in [3.05, 3.63) is 88.2 Å². The first-order valence-electron chi connectivity index (χ1n) is 12.5. The molecule has 4 aromatic rings. The van der Waals surface area contributed by atoms with E-state index in [1.54, 1.807) is 23.5 Å². The van der Waals surface area contributed by atoms with Gasteiger partial charge in [-0.2, -0.15) is 0 Å². The fraction of sp³-hybridized carbons (Fsp3) is 0.300. The third kappa shape index (κ3) is 5.55. The summed E-state index contributed by atoms with van der Waals surface area (Å²) in [7, 11) is -3.23. The summed E-state index contributed by atoms with van der Waals surface area (Å²) >= 11 is 1.60. The van der Waals surface area contributed by atoms with Gasteiger partial charge in [0.2, 0.25) is 0 Å². The van der Waals surface area contributed by atoms with Crippen LogP contribution in [0.1, 0.15) is 53.5 Å². The number of sulfone groups is 1. The Balaban J connectivity index is 1.31. The minimum absolute atomic E-state index is 0.307. The van der Waals surface area contributed by atoms with Gasteiger partial charge in [-0.3, -0.25) is 0 Å². The number of thiazole rings is 1. The lowest BCUT2D eigenvalue weighted by Crippen LogP contribution is -2.05. The third-order valence-electron chi connectivity index (χ3n) is 6.90. The minimum atomic E-state index is -3.23. The molecule has 186 valence electrons. The molecule has 0 radical (unpaired) electrons. The molecule has 1 saturated carbocycles. The average molecular weight is 518 g/mol. The van der Waals surface area contributed by atoms with E-state index >= 15 is 0 Å². The van der Waals surface area contributed by atoms with Crippen molar-refractivity contribution in [3.63, 3.8) is 0 Å². The van der Waals surface area contributed by atoms with E-state index in [4.69, 9.17) is 4.74 Å². The number of hydrogen-bond acceptors (Lipinski definition) is 5. The number of benzene rings is 3. The molecule has 0 bridgehead atoms. The summed E-state index contributed by atoms with van der Waals surface area (Å²) in [5, 5.41) is 0.949. The number of ether oxygens (including phenoxy) is 1. The summed E-state index contributed by atoms with van der Waals surface area (Å²) in [5.41, 5.74) is 5.76. The molecule has 0 N–H and O–H groups in total. The molecule has 4 nitrogen and oxygen atoms in total. The van der Waals surface area contributed by atoms with Gasteiger partial charge in [-0.1, -0.05) is 67.8 Å². The van der Waals surface area contributed by atoms with E-state index in [9.17, 15) is 8.42 Å². The van der Waals surface area contributed by atoms with Gasteiger partial charge >= 0.3 is 0 Å². The molecule has 1 fully saturated rings. The maximum absolute atomic E-state index is 11.8. The molecule has 36 heavy (non-hydrogen) atoms. The Morgan fingerprint density at radius 1 is 0.889 bits per heavy atom. The van der Waals surface area contributed by atoms with Gasteiger partial charge in [0, 0.05) is 11.8 Å². The van der Waals surface area contributed by atoms with E-state index in [1.165, 1.54) is 55.1 Å². The molecule has 0 aliphatic heterocycles. The number of nitrogens with zero attached hydrogens (tertiary/aromatic N) is 1. The van der Waals surface area contributed by atoms with E-state index in [0.29, 0.717) is 17.4 Å². The van der Waals surface area contributed by atoms with Crippen LogP contribution < -0.4 is 4.74 Å². The Labute approximate surface area is 217 Å². The zero-order chi connectivity index (χ0) is 25.1. The Bertz CT molecular complexity index is 1430. The molecule has 1 heterocycles. The third-order valence-corrected chi connectivity index (χ3v) is 8.97. The number of rotatable bonds is 7. The molecule has 1 aliphatic carbocycles. The van der Waals surface area contributed by atoms with Crippen LogP contribution in [0.25, 0.3) is 22.4 Å². The van der Waals surface area contributed by atoms with Gasteiger partial charge in [-0.05, 0) is 66.6 Å². The molecule has 1 aliphatic rings. The van der Waals surface area contributed by atoms with E-state index in [1.807, 2.05) is 31.2 Å². The van der Waals surface area contributed by atoms with Gasteiger partial charge in [0.1, 0.15) is 12.4 Å². The van der Waals surface area contributed by atoms with Gasteiger partial charge in [0.05, 0.1) is 20.5 Å². The van der Waals surface area contributed by atoms with Crippen LogP contribution in [0.5, 0.6) is 5.75 Å². The molecule has 3 aromatic carbocycles. The standard InChI is InChI=1S/C30H31NO3S2/c1-21-31-30(24-14-18-26(19-15-24)36(2,32)33)29(35-21)20-34-25-16-12-23(13-17-25)28-11-7-6-10-27(28)22-8-4-3-5-9-22/h6-7,10-19,22H,3-5,8-9,20H2,1-2H3. The highest BCUT2D eigenvalue weighted by atomic mass is 32.2. The van der Waals surface area contributed by atoms with Gasteiger partial charge in [0.25, 0.3) is 0 Å². The fourth-order valence-corrected chi connectivity index (χ4v) is 6.56. The van der Waals surface area contributed by atoms with Gasteiger partial charge < -0.3 is 4.74 Å². The molecule has 0 spiro atoms. The van der Waals surface area contributed by atoms with Crippen LogP contribution in [0.3, 0.4) is 0 Å². The highest BCUT2D eigenvalue weighted by Gasteiger charge is 2.19. The molecular weight excluding hydrogens is 486 g/mol. The first-order chi connectivity index (χ1) is 17.4. The normalized spacial score (nSPS) is 14.6. The largest absolute Gasteiger partial charge is 0.488 e. The van der Waals surface area contributed by atoms with E-state index < -0.39 is 9.84 Å². The van der Waals surface area contributed by atoms with Gasteiger partial charge in [-0.15, -0.1) is 11.3 Å². The smallest absolute Gasteiger partial charge is 0.175 e. The van der Waals surface area contributed by atoms with Crippen LogP contribution in [0.15, 0.2) is 77.7 Å². The molecular formula is C30H31NO3S2. The second-order valence-electron chi connectivity index (χ2n) is 9.54. The molecule has 0 amide bonds. The number of aryl methyl sites for hydroxylation is 1. The van der Waals surface area contributed by atoms with Crippen LogP contribution in [0.2, 0.25) is 0 Å². The number of hydrogen-bond donors (Lipinski definition) is 0. The first-order valence-corrected chi connectivity index (χ1v) is 15.2. The Hall–Kier alpha value is -2.96. The monoisotopic (exact) mass is 517 g/mol. The number of aromatic nitrogens is 1. The molecule has 6 heteroatoms. The summed E-state index contributed by atoms with van der Waals surface area (Å²) < 4.78 is 29.7. The second kappa shape index (κ2) is 10.6. The van der Waals surface area contributed by atoms with E-state index in [-0.39, 0.29) is 0 Å². The maximum atomic E-state index is 11.8. The average Bonchev–Trinajstić information content (AvgIpc) is 3.28. The minimum Gasteiger partial charge on any atom is -0.488 e. The van der Waals surface area contributed by atoms with Crippen molar-refractivity contribution < 1.29 is 13.2 Å². The summed E-state index contributed by atoms with van der Waals surface area (Å²) in [6, 6.07) is 24.1. The van der Waals surface area contributed by atoms with Gasteiger partial charge in [-0.25, -0.2) is 13.4 Å². The van der Waals surface area contributed by atoms with Crippen molar-refractivity contribution in [1.82, 2.24) is 4.98 Å². The molecule has 0 atom stereocenters. The molecule has 0 unspecified atom stereocenters. The van der Waals surface area contributed by atoms with Crippen LogP contribution in [0.4, 0.5) is 0 Å². The molecule has 0 saturated heterocycles. The molecule has 5 rings (SSSR count). The second-order valence-corrected chi connectivity index (χ2v) is 12.8. The summed E-state index contributed by atoms with van der Waals surface area (Å²) in [5.74, 6) is 1.48. The Morgan fingerprint density at radius 3 is 2.25 bits per heavy atom. The summed E-state index contributed by atoms with van der Waals surface area (Å²) in [6.45, 7) is 2.38. The fourth-order valence-electron chi connectivity index (χ4n) is 5.06. The van der Waals surface area contributed by atoms with Crippen molar-refractivity contribution >= 4 is 21.2 Å². The van der Waals surface area contributed by atoms with Crippen molar-refractivity contribution in [2.75, 3.05) is 6.26 Å². The van der Waals surface area contributed by atoms with Crippen molar-refractivity contribution in [1.29, 1.82) is 0 Å². The lowest BCUT2D eigenvalue weighted by molar-refractivity contribution is 0.310. The predicted octanol–water partition coefficient (Wildman–Crippen LogP) is 7.82. The van der Waals surface area contributed by atoms with E-state index in [0.717, 1.165) is 26.9 Å². The van der Waals surface area contributed by atoms with Gasteiger partial charge in [0.15, 0.2) is 9.84 Å². The van der Waals surface area contributed by atoms with Crippen LogP contribution in [0, 0.1) is 6.92 Å². The highest BCUT2D eigenvalue weighted by molar-refractivity contribution is 7.90. The van der Waals surface area contributed by atoms with Crippen molar-refractivity contribution in [2.24, 2.45) is 0 Å². The summed E-state index contributed by atoms with van der Waals surface area (Å²) in [4.78, 5) is 6.01. The SMILES string of the molecule is Cc1nc(-c2ccc(S(C)(=O)=O)cc2)c(COc2ccc(-c3ccccc3C3CCCCC3)cc2)s1. The van der Waals surface area contributed by atoms with Crippen LogP contribution >= 0.6 is 11.3 Å². The van der Waals surface area contributed by atoms with Crippen molar-refractivity contribution in [2.45, 2.75) is 56.4 Å². The quantitative estimate of drug-likeness (QED) is 0.251. The molecule has 1 aromatic heterocycles. The van der Waals surface area contributed by atoms with Crippen molar-refractivity contribution in [3.8, 4) is 28.1 Å². The Kier molecular flexibility index (Phi) is 7.26. The summed E-state index contributed by atoms with van der Waals surface area (Å²) in [6.07, 6.45) is 7.79. The zero-order valence-electron chi connectivity index (χ0n) is 20.7. The zero-order valence-corrected chi connectivity index (χ0v) is 22.4.